The minimum Gasteiger partial charge on any atom is -0.468 e. The molecule has 1 saturated heterocycles. The number of imide groups is 1. The third-order valence-electron chi connectivity index (χ3n) is 5.02. The molecule has 0 spiro atoms. The van der Waals surface area contributed by atoms with E-state index in [-0.39, 0.29) is 4.91 Å². The predicted octanol–water partition coefficient (Wildman–Crippen LogP) is 3.40. The van der Waals surface area contributed by atoms with E-state index in [1.54, 1.807) is 18.2 Å². The van der Waals surface area contributed by atoms with Gasteiger partial charge in [-0.25, -0.2) is 4.79 Å². The first-order valence-corrected chi connectivity index (χ1v) is 10.2. The van der Waals surface area contributed by atoms with Gasteiger partial charge in [-0.3, -0.25) is 19.3 Å². The fourth-order valence-electron chi connectivity index (χ4n) is 3.37. The molecule has 1 aromatic carbocycles. The zero-order chi connectivity index (χ0) is 22.9. The summed E-state index contributed by atoms with van der Waals surface area (Å²) in [4.78, 5) is 49.3. The zero-order valence-electron chi connectivity index (χ0n) is 17.8. The molecule has 1 aliphatic heterocycles. The van der Waals surface area contributed by atoms with E-state index in [2.05, 4.69) is 4.74 Å². The molecule has 0 bridgehead atoms. The maximum absolute atomic E-state index is 12.6. The van der Waals surface area contributed by atoms with Gasteiger partial charge in [0.2, 0.25) is 0 Å². The van der Waals surface area contributed by atoms with Crippen molar-refractivity contribution in [2.24, 2.45) is 0 Å². The number of methoxy groups -OCH3 is 2. The van der Waals surface area contributed by atoms with Crippen molar-refractivity contribution in [1.29, 1.82) is 0 Å². The summed E-state index contributed by atoms with van der Waals surface area (Å²) in [6, 6.07) is 7.21. The molecule has 8 nitrogen and oxygen atoms in total. The minimum atomic E-state index is -0.664. The van der Waals surface area contributed by atoms with E-state index in [1.165, 1.54) is 14.2 Å². The lowest BCUT2D eigenvalue weighted by Crippen LogP contribution is -2.34. The number of aromatic nitrogens is 1. The van der Waals surface area contributed by atoms with Crippen molar-refractivity contribution in [3.05, 3.63) is 57.2 Å². The molecule has 31 heavy (non-hydrogen) atoms. The second-order valence-corrected chi connectivity index (χ2v) is 7.99. The summed E-state index contributed by atoms with van der Waals surface area (Å²) in [5.41, 5.74) is 4.69. The summed E-state index contributed by atoms with van der Waals surface area (Å²) in [5.74, 6) is -1.63. The van der Waals surface area contributed by atoms with E-state index in [4.69, 9.17) is 4.74 Å². The van der Waals surface area contributed by atoms with Crippen molar-refractivity contribution in [3.8, 4) is 5.69 Å². The molecule has 3 rings (SSSR count). The number of carbonyl (C=O) groups excluding carboxylic acids is 4. The van der Waals surface area contributed by atoms with Gasteiger partial charge < -0.3 is 14.0 Å². The molecule has 0 saturated carbocycles. The lowest BCUT2D eigenvalue weighted by molar-refractivity contribution is -0.143. The molecule has 0 radical (unpaired) electrons. The fraction of sp³-hybridized carbons (Fsp3) is 0.273. The molecule has 1 aromatic heterocycles. The van der Waals surface area contributed by atoms with Crippen molar-refractivity contribution < 1.29 is 28.7 Å². The Morgan fingerprint density at radius 3 is 2.42 bits per heavy atom. The van der Waals surface area contributed by atoms with Gasteiger partial charge in [-0.05, 0) is 67.9 Å². The highest BCUT2D eigenvalue weighted by Crippen LogP contribution is 2.34. The molecule has 162 valence electrons. The number of ether oxygens (including phenoxy) is 2. The van der Waals surface area contributed by atoms with Crippen molar-refractivity contribution >= 4 is 40.9 Å². The second-order valence-electron chi connectivity index (χ2n) is 7.00. The number of hydrogen-bond acceptors (Lipinski definition) is 7. The van der Waals surface area contributed by atoms with Gasteiger partial charge in [-0.1, -0.05) is 6.07 Å². The van der Waals surface area contributed by atoms with Crippen LogP contribution in [0.25, 0.3) is 11.8 Å². The maximum atomic E-state index is 12.6. The summed E-state index contributed by atoms with van der Waals surface area (Å²) < 4.78 is 11.3. The Bertz CT molecular complexity index is 1130. The Hall–Kier alpha value is -3.33. The van der Waals surface area contributed by atoms with Crippen LogP contribution in [0.2, 0.25) is 0 Å². The van der Waals surface area contributed by atoms with E-state index >= 15 is 0 Å². The lowest BCUT2D eigenvalue weighted by Gasteiger charge is -2.14. The van der Waals surface area contributed by atoms with Crippen LogP contribution < -0.4 is 0 Å². The molecule has 1 fully saturated rings. The van der Waals surface area contributed by atoms with Crippen molar-refractivity contribution in [2.45, 2.75) is 20.8 Å². The standard InChI is InChI=1S/C22H22N2O6S/c1-12-6-7-15(21(27)30-5)9-17(12)24-13(2)8-16(14(24)3)10-18-20(26)23(22(28)31-18)11-19(25)29-4/h6-10H,11H2,1-5H3/b18-10+. The maximum Gasteiger partial charge on any atom is 0.337 e. The third kappa shape index (κ3) is 4.27. The molecular weight excluding hydrogens is 420 g/mol. The predicted molar refractivity (Wildman–Crippen MR) is 116 cm³/mol. The molecule has 2 aromatic rings. The van der Waals surface area contributed by atoms with Gasteiger partial charge in [-0.2, -0.15) is 0 Å². The van der Waals surface area contributed by atoms with Crippen LogP contribution in [0.15, 0.2) is 29.2 Å². The highest BCUT2D eigenvalue weighted by atomic mass is 32.2. The van der Waals surface area contributed by atoms with E-state index in [0.29, 0.717) is 5.56 Å². The molecule has 9 heteroatoms. The van der Waals surface area contributed by atoms with Gasteiger partial charge in [0.05, 0.1) is 24.7 Å². The Kier molecular flexibility index (Phi) is 6.35. The van der Waals surface area contributed by atoms with Gasteiger partial charge in [0, 0.05) is 17.1 Å². The first-order valence-electron chi connectivity index (χ1n) is 9.38. The van der Waals surface area contributed by atoms with Crippen LogP contribution in [0, 0.1) is 20.8 Å². The van der Waals surface area contributed by atoms with E-state index < -0.39 is 29.6 Å². The van der Waals surface area contributed by atoms with Crippen molar-refractivity contribution in [2.75, 3.05) is 20.8 Å². The first kappa shape index (κ1) is 22.4. The largest absolute Gasteiger partial charge is 0.468 e. The average Bonchev–Trinajstić information content (AvgIpc) is 3.17. The number of nitrogens with zero attached hydrogens (tertiary/aromatic N) is 2. The number of carbonyl (C=O) groups is 4. The topological polar surface area (TPSA) is 94.9 Å². The van der Waals surface area contributed by atoms with E-state index in [9.17, 15) is 19.2 Å². The molecule has 0 unspecified atom stereocenters. The van der Waals surface area contributed by atoms with Gasteiger partial charge in [0.1, 0.15) is 6.54 Å². The Balaban J connectivity index is 2.00. The smallest absolute Gasteiger partial charge is 0.337 e. The van der Waals surface area contributed by atoms with Crippen LogP contribution in [0.1, 0.15) is 32.9 Å². The van der Waals surface area contributed by atoms with Crippen LogP contribution in [0.3, 0.4) is 0 Å². The number of hydrogen-bond donors (Lipinski definition) is 0. The normalized spacial score (nSPS) is 15.0. The quantitative estimate of drug-likeness (QED) is 0.517. The van der Waals surface area contributed by atoms with Crippen LogP contribution in [-0.4, -0.2) is 53.3 Å². The van der Waals surface area contributed by atoms with Gasteiger partial charge in [0.15, 0.2) is 0 Å². The van der Waals surface area contributed by atoms with E-state index in [0.717, 1.165) is 44.9 Å². The SMILES string of the molecule is COC(=O)CN1C(=O)S/C(=C/c2cc(C)n(-c3cc(C(=O)OC)ccc3C)c2C)C1=O. The first-order chi connectivity index (χ1) is 14.7. The average molecular weight is 442 g/mol. The molecule has 2 amide bonds. The van der Waals surface area contributed by atoms with Crippen LogP contribution >= 0.6 is 11.8 Å². The minimum absolute atomic E-state index is 0.231. The summed E-state index contributed by atoms with van der Waals surface area (Å²) in [6.45, 7) is 5.32. The summed E-state index contributed by atoms with van der Waals surface area (Å²) in [5, 5.41) is -0.517. The van der Waals surface area contributed by atoms with Crippen molar-refractivity contribution in [1.82, 2.24) is 9.47 Å². The molecule has 1 aliphatic rings. The molecular formula is C22H22N2O6S. The van der Waals surface area contributed by atoms with Gasteiger partial charge in [0.25, 0.3) is 11.1 Å². The lowest BCUT2D eigenvalue weighted by atomic mass is 10.1. The molecule has 0 N–H and O–H groups in total. The van der Waals surface area contributed by atoms with Crippen molar-refractivity contribution in [3.63, 3.8) is 0 Å². The highest BCUT2D eigenvalue weighted by molar-refractivity contribution is 8.18. The second kappa shape index (κ2) is 8.81. The molecule has 2 heterocycles. The van der Waals surface area contributed by atoms with Crippen LogP contribution in [0.5, 0.6) is 0 Å². The zero-order valence-corrected chi connectivity index (χ0v) is 18.7. The number of amides is 2. The number of esters is 2. The third-order valence-corrected chi connectivity index (χ3v) is 5.92. The van der Waals surface area contributed by atoms with Crippen LogP contribution in [0.4, 0.5) is 4.79 Å². The summed E-state index contributed by atoms with van der Waals surface area (Å²) in [7, 11) is 2.53. The Labute approximate surface area is 183 Å². The van der Waals surface area contributed by atoms with Crippen LogP contribution in [-0.2, 0) is 19.1 Å². The Morgan fingerprint density at radius 1 is 1.06 bits per heavy atom. The van der Waals surface area contributed by atoms with E-state index in [1.807, 2.05) is 37.5 Å². The number of benzene rings is 1. The number of aryl methyl sites for hydroxylation is 2. The van der Waals surface area contributed by atoms with Gasteiger partial charge in [-0.15, -0.1) is 0 Å². The summed E-state index contributed by atoms with van der Waals surface area (Å²) in [6.07, 6.45) is 1.64. The molecule has 0 aliphatic carbocycles. The van der Waals surface area contributed by atoms with Gasteiger partial charge >= 0.3 is 11.9 Å². The fourth-order valence-corrected chi connectivity index (χ4v) is 4.20. The highest BCUT2D eigenvalue weighted by Gasteiger charge is 2.36. The number of rotatable bonds is 5. The molecule has 0 atom stereocenters. The Morgan fingerprint density at radius 2 is 1.77 bits per heavy atom. The number of thioether (sulfide) groups is 1. The monoisotopic (exact) mass is 442 g/mol. The summed E-state index contributed by atoms with van der Waals surface area (Å²) >= 11 is 0.782.